The highest BCUT2D eigenvalue weighted by molar-refractivity contribution is 7.11. The minimum Gasteiger partial charge on any atom is -0.469 e. The Balaban J connectivity index is 1.72. The molecule has 4 heteroatoms. The molecule has 3 nitrogen and oxygen atoms in total. The van der Waals surface area contributed by atoms with Gasteiger partial charge in [-0.2, -0.15) is 0 Å². The highest BCUT2D eigenvalue weighted by Gasteiger charge is 2.24. The molecular weight excluding hydrogens is 256 g/mol. The molecule has 2 aromatic heterocycles. The highest BCUT2D eigenvalue weighted by atomic mass is 32.1. The molecule has 3 rings (SSSR count). The van der Waals surface area contributed by atoms with E-state index in [-0.39, 0.29) is 0 Å². The number of nitrogens with one attached hydrogen (secondary N) is 1. The largest absolute Gasteiger partial charge is 0.469 e. The molecular formula is C15H20N2OS. The van der Waals surface area contributed by atoms with Gasteiger partial charge in [0.15, 0.2) is 0 Å². The lowest BCUT2D eigenvalue weighted by Crippen LogP contribution is -2.27. The molecule has 0 unspecified atom stereocenters. The van der Waals surface area contributed by atoms with Crippen LogP contribution in [0.15, 0.2) is 22.9 Å². The summed E-state index contributed by atoms with van der Waals surface area (Å²) in [6.45, 7) is 4.38. The zero-order valence-electron chi connectivity index (χ0n) is 11.5. The molecule has 2 aromatic rings. The predicted molar refractivity (Wildman–Crippen MR) is 77.4 cm³/mol. The van der Waals surface area contributed by atoms with E-state index in [2.05, 4.69) is 30.2 Å². The molecule has 0 amide bonds. The van der Waals surface area contributed by atoms with E-state index in [1.807, 2.05) is 23.8 Å². The first-order chi connectivity index (χ1) is 9.28. The van der Waals surface area contributed by atoms with Crippen LogP contribution in [0, 0.1) is 0 Å². The third-order valence-electron chi connectivity index (χ3n) is 3.79. The van der Waals surface area contributed by atoms with Crippen molar-refractivity contribution >= 4 is 11.3 Å². The lowest BCUT2D eigenvalue weighted by atomic mass is 9.93. The molecule has 0 fully saturated rings. The average molecular weight is 276 g/mol. The molecule has 2 heterocycles. The molecule has 1 aliphatic carbocycles. The number of aromatic nitrogens is 1. The fraction of sp³-hybridized carbons (Fsp3) is 0.533. The molecule has 0 aliphatic heterocycles. The second-order valence-corrected chi connectivity index (χ2v) is 6.30. The third kappa shape index (κ3) is 2.60. The van der Waals surface area contributed by atoms with Gasteiger partial charge >= 0.3 is 0 Å². The van der Waals surface area contributed by atoms with Crippen molar-refractivity contribution in [3.05, 3.63) is 39.7 Å². The van der Waals surface area contributed by atoms with Gasteiger partial charge in [-0.15, -0.1) is 11.3 Å². The van der Waals surface area contributed by atoms with Crippen molar-refractivity contribution in [1.82, 2.24) is 10.3 Å². The van der Waals surface area contributed by atoms with E-state index in [1.54, 1.807) is 0 Å². The normalized spacial score (nSPS) is 20.2. The van der Waals surface area contributed by atoms with E-state index in [0.717, 1.165) is 18.6 Å². The summed E-state index contributed by atoms with van der Waals surface area (Å²) in [5, 5.41) is 4.89. The summed E-state index contributed by atoms with van der Waals surface area (Å²) in [7, 11) is 0. The highest BCUT2D eigenvalue weighted by Crippen LogP contribution is 2.33. The quantitative estimate of drug-likeness (QED) is 0.916. The summed E-state index contributed by atoms with van der Waals surface area (Å²) in [6, 6.07) is 2.82. The summed E-state index contributed by atoms with van der Waals surface area (Å²) < 4.78 is 5.54. The van der Waals surface area contributed by atoms with Crippen molar-refractivity contribution in [3.8, 4) is 0 Å². The molecule has 0 bridgehead atoms. The Morgan fingerprint density at radius 2 is 2.47 bits per heavy atom. The maximum Gasteiger partial charge on any atom is 0.109 e. The molecule has 0 aromatic carbocycles. The number of furan rings is 1. The monoisotopic (exact) mass is 276 g/mol. The van der Waals surface area contributed by atoms with Crippen LogP contribution in [0.25, 0.3) is 0 Å². The summed E-state index contributed by atoms with van der Waals surface area (Å²) in [5.74, 6) is 1.16. The van der Waals surface area contributed by atoms with E-state index in [1.165, 1.54) is 28.3 Å². The second-order valence-electron chi connectivity index (χ2n) is 5.15. The van der Waals surface area contributed by atoms with Gasteiger partial charge in [-0.3, -0.25) is 0 Å². The molecule has 0 radical (unpaired) electrons. The van der Waals surface area contributed by atoms with Gasteiger partial charge in [0, 0.05) is 29.1 Å². The topological polar surface area (TPSA) is 38.1 Å². The van der Waals surface area contributed by atoms with Gasteiger partial charge in [-0.1, -0.05) is 6.92 Å². The van der Waals surface area contributed by atoms with Gasteiger partial charge in [0.05, 0.1) is 12.3 Å². The molecule has 0 saturated heterocycles. The van der Waals surface area contributed by atoms with Crippen molar-refractivity contribution in [2.75, 3.05) is 0 Å². The number of aryl methyl sites for hydroxylation is 2. The molecule has 0 saturated carbocycles. The predicted octanol–water partition coefficient (Wildman–Crippen LogP) is 4.03. The minimum atomic E-state index is 0.302. The first-order valence-electron chi connectivity index (χ1n) is 7.05. The van der Waals surface area contributed by atoms with E-state index < -0.39 is 0 Å². The molecule has 0 spiro atoms. The molecule has 1 aliphatic rings. The van der Waals surface area contributed by atoms with Crippen LogP contribution >= 0.6 is 11.3 Å². The lowest BCUT2D eigenvalue weighted by molar-refractivity contribution is 0.385. The Morgan fingerprint density at radius 3 is 3.26 bits per heavy atom. The average Bonchev–Trinajstić information content (AvgIpc) is 3.08. The fourth-order valence-electron chi connectivity index (χ4n) is 2.72. The Morgan fingerprint density at radius 1 is 1.58 bits per heavy atom. The van der Waals surface area contributed by atoms with Crippen LogP contribution in [0.5, 0.6) is 0 Å². The number of rotatable bonds is 4. The number of hydrogen-bond donors (Lipinski definition) is 1. The second kappa shape index (κ2) is 5.47. The Hall–Kier alpha value is -1.13. The van der Waals surface area contributed by atoms with Crippen LogP contribution in [-0.4, -0.2) is 4.98 Å². The lowest BCUT2D eigenvalue weighted by Gasteiger charge is -2.25. The van der Waals surface area contributed by atoms with Crippen molar-refractivity contribution in [2.45, 2.75) is 51.6 Å². The minimum absolute atomic E-state index is 0.302. The molecule has 2 atom stereocenters. The number of thiazole rings is 1. The van der Waals surface area contributed by atoms with Gasteiger partial charge in [-0.05, 0) is 32.3 Å². The van der Waals surface area contributed by atoms with E-state index in [9.17, 15) is 0 Å². The van der Waals surface area contributed by atoms with Crippen LogP contribution in [-0.2, 0) is 12.8 Å². The van der Waals surface area contributed by atoms with Crippen LogP contribution in [0.2, 0.25) is 0 Å². The maximum atomic E-state index is 5.54. The first-order valence-corrected chi connectivity index (χ1v) is 7.86. The summed E-state index contributed by atoms with van der Waals surface area (Å²) in [6.07, 6.45) is 8.34. The first kappa shape index (κ1) is 12.9. The van der Waals surface area contributed by atoms with Gasteiger partial charge in [-0.25, -0.2) is 4.98 Å². The van der Waals surface area contributed by atoms with Gasteiger partial charge in [0.25, 0.3) is 0 Å². The Labute approximate surface area is 118 Å². The fourth-order valence-corrected chi connectivity index (χ4v) is 3.59. The van der Waals surface area contributed by atoms with Crippen LogP contribution < -0.4 is 5.32 Å². The van der Waals surface area contributed by atoms with Gasteiger partial charge in [0.1, 0.15) is 10.8 Å². The SMILES string of the molecule is CCc1cnc([C@@H](C)N[C@H]2CCCc3occc32)s1. The standard InChI is InChI=1S/C15H20N2OS/c1-3-11-9-16-15(19-11)10(2)17-13-5-4-6-14-12(13)7-8-18-14/h7-10,13,17H,3-6H2,1-2H3/t10-,13+/m1/s1. The van der Waals surface area contributed by atoms with E-state index >= 15 is 0 Å². The molecule has 19 heavy (non-hydrogen) atoms. The van der Waals surface area contributed by atoms with Crippen molar-refractivity contribution in [1.29, 1.82) is 0 Å². The number of hydrogen-bond acceptors (Lipinski definition) is 4. The zero-order valence-corrected chi connectivity index (χ0v) is 12.3. The van der Waals surface area contributed by atoms with Crippen molar-refractivity contribution < 1.29 is 4.42 Å². The van der Waals surface area contributed by atoms with Gasteiger partial charge < -0.3 is 9.73 Å². The molecule has 1 N–H and O–H groups in total. The zero-order chi connectivity index (χ0) is 13.2. The smallest absolute Gasteiger partial charge is 0.109 e. The number of nitrogens with zero attached hydrogens (tertiary/aromatic N) is 1. The van der Waals surface area contributed by atoms with E-state index in [4.69, 9.17) is 4.42 Å². The third-order valence-corrected chi connectivity index (χ3v) is 5.12. The summed E-state index contributed by atoms with van der Waals surface area (Å²) >= 11 is 1.82. The van der Waals surface area contributed by atoms with E-state index in [0.29, 0.717) is 12.1 Å². The summed E-state index contributed by atoms with van der Waals surface area (Å²) in [4.78, 5) is 5.89. The Kier molecular flexibility index (Phi) is 3.71. The van der Waals surface area contributed by atoms with Crippen LogP contribution in [0.3, 0.4) is 0 Å². The maximum absolute atomic E-state index is 5.54. The van der Waals surface area contributed by atoms with Gasteiger partial charge in [0.2, 0.25) is 0 Å². The summed E-state index contributed by atoms with van der Waals surface area (Å²) in [5.41, 5.74) is 1.34. The van der Waals surface area contributed by atoms with Crippen molar-refractivity contribution in [2.24, 2.45) is 0 Å². The Bertz CT molecular complexity index is 546. The molecule has 102 valence electrons. The number of fused-ring (bicyclic) bond motifs is 1. The van der Waals surface area contributed by atoms with Crippen LogP contribution in [0.4, 0.5) is 0 Å². The van der Waals surface area contributed by atoms with Crippen molar-refractivity contribution in [3.63, 3.8) is 0 Å². The van der Waals surface area contributed by atoms with Crippen LogP contribution in [0.1, 0.15) is 60.0 Å².